The van der Waals surface area contributed by atoms with Gasteiger partial charge in [-0.15, -0.1) is 11.6 Å². The molecule has 1 heterocycles. The van der Waals surface area contributed by atoms with Crippen molar-refractivity contribution in [3.05, 3.63) is 0 Å². The first-order valence-corrected chi connectivity index (χ1v) is 5.08. The predicted molar refractivity (Wildman–Crippen MR) is 54.2 cm³/mol. The molecule has 1 aromatic heterocycles. The Balaban J connectivity index is 2.04. The monoisotopic (exact) mass is 215 g/mol. The molecule has 0 bridgehead atoms. The summed E-state index contributed by atoms with van der Waals surface area (Å²) in [5.41, 5.74) is 0.105. The van der Waals surface area contributed by atoms with Crippen LogP contribution in [0.2, 0.25) is 0 Å². The van der Waals surface area contributed by atoms with Gasteiger partial charge in [0.25, 0.3) is 0 Å². The molecule has 0 aliphatic heterocycles. The lowest BCUT2D eigenvalue weighted by Gasteiger charge is -2.49. The Kier molecular flexibility index (Phi) is 2.14. The highest BCUT2D eigenvalue weighted by molar-refractivity contribution is 6.21. The van der Waals surface area contributed by atoms with Gasteiger partial charge < -0.3 is 5.32 Å². The van der Waals surface area contributed by atoms with Crippen molar-refractivity contribution in [1.29, 1.82) is 0 Å². The summed E-state index contributed by atoms with van der Waals surface area (Å²) in [4.78, 5) is 0. The number of rotatable bonds is 2. The van der Waals surface area contributed by atoms with Crippen LogP contribution in [-0.4, -0.2) is 31.6 Å². The molecule has 0 spiro atoms. The van der Waals surface area contributed by atoms with Crippen molar-refractivity contribution in [2.75, 3.05) is 5.32 Å². The second kappa shape index (κ2) is 3.08. The number of nitrogens with one attached hydrogen (secondary N) is 1. The van der Waals surface area contributed by atoms with E-state index in [1.165, 1.54) is 0 Å². The summed E-state index contributed by atoms with van der Waals surface area (Å²) in [5, 5.41) is 14.7. The lowest BCUT2D eigenvalue weighted by Crippen LogP contribution is -2.54. The van der Waals surface area contributed by atoms with Crippen LogP contribution >= 0.6 is 11.6 Å². The Labute approximate surface area is 87.8 Å². The minimum atomic E-state index is 0.105. The molecule has 0 radical (unpaired) electrons. The van der Waals surface area contributed by atoms with Crippen LogP contribution in [0.1, 0.15) is 20.3 Å². The van der Waals surface area contributed by atoms with E-state index in [0.29, 0.717) is 12.0 Å². The third-order valence-corrected chi connectivity index (χ3v) is 3.81. The average molecular weight is 216 g/mol. The van der Waals surface area contributed by atoms with E-state index in [9.17, 15) is 0 Å². The third-order valence-electron chi connectivity index (χ3n) is 3.07. The lowest BCUT2D eigenvalue weighted by atomic mass is 9.67. The fraction of sp³-hybridized carbons (Fsp3) is 0.875. The summed E-state index contributed by atoms with van der Waals surface area (Å²) >= 11 is 6.12. The molecule has 78 valence electrons. The second-order valence-corrected chi connectivity index (χ2v) is 4.87. The summed E-state index contributed by atoms with van der Waals surface area (Å²) in [7, 11) is 1.81. The van der Waals surface area contributed by atoms with Gasteiger partial charge in [-0.3, -0.25) is 0 Å². The standard InChI is InChI=1S/C8H14ClN5/c1-8(2)5(9)4-6(8)10-7-11-12-13-14(7)3/h5-6H,4H2,1-3H3,(H,10,11,13). The molecule has 2 unspecified atom stereocenters. The van der Waals surface area contributed by atoms with Gasteiger partial charge in [-0.1, -0.05) is 18.9 Å². The van der Waals surface area contributed by atoms with Crippen LogP contribution in [0.15, 0.2) is 0 Å². The topological polar surface area (TPSA) is 55.6 Å². The minimum absolute atomic E-state index is 0.105. The summed E-state index contributed by atoms with van der Waals surface area (Å²) in [6.45, 7) is 4.30. The smallest absolute Gasteiger partial charge is 0.242 e. The lowest BCUT2D eigenvalue weighted by molar-refractivity contribution is 0.167. The van der Waals surface area contributed by atoms with E-state index in [0.717, 1.165) is 6.42 Å². The molecule has 1 fully saturated rings. The number of hydrogen-bond donors (Lipinski definition) is 1. The van der Waals surface area contributed by atoms with Gasteiger partial charge in [-0.25, -0.2) is 4.68 Å². The molecule has 0 aromatic carbocycles. The number of nitrogens with zero attached hydrogens (tertiary/aromatic N) is 4. The van der Waals surface area contributed by atoms with Crippen molar-refractivity contribution in [2.24, 2.45) is 12.5 Å². The van der Waals surface area contributed by atoms with Crippen LogP contribution in [0.3, 0.4) is 0 Å². The largest absolute Gasteiger partial charge is 0.350 e. The molecule has 14 heavy (non-hydrogen) atoms. The van der Waals surface area contributed by atoms with Crippen molar-refractivity contribution in [2.45, 2.75) is 31.7 Å². The first-order valence-electron chi connectivity index (χ1n) is 4.65. The molecule has 2 rings (SSSR count). The Morgan fingerprint density at radius 3 is 2.71 bits per heavy atom. The van der Waals surface area contributed by atoms with E-state index in [1.54, 1.807) is 4.68 Å². The number of alkyl halides is 1. The van der Waals surface area contributed by atoms with E-state index < -0.39 is 0 Å². The molecule has 5 nitrogen and oxygen atoms in total. The van der Waals surface area contributed by atoms with Crippen molar-refractivity contribution in [3.8, 4) is 0 Å². The fourth-order valence-corrected chi connectivity index (χ4v) is 1.95. The maximum Gasteiger partial charge on any atom is 0.242 e. The molecule has 1 aliphatic carbocycles. The van der Waals surface area contributed by atoms with Crippen molar-refractivity contribution < 1.29 is 0 Å². The second-order valence-electron chi connectivity index (χ2n) is 4.35. The minimum Gasteiger partial charge on any atom is -0.350 e. The number of aryl methyl sites for hydroxylation is 1. The van der Waals surface area contributed by atoms with Crippen LogP contribution in [0.25, 0.3) is 0 Å². The highest BCUT2D eigenvalue weighted by Gasteiger charge is 2.47. The van der Waals surface area contributed by atoms with Gasteiger partial charge in [0, 0.05) is 23.9 Å². The van der Waals surface area contributed by atoms with Gasteiger partial charge in [-0.05, 0) is 16.8 Å². The number of tetrazole rings is 1. The molecule has 0 saturated heterocycles. The highest BCUT2D eigenvalue weighted by atomic mass is 35.5. The molecule has 2 atom stereocenters. The van der Waals surface area contributed by atoms with Gasteiger partial charge in [0.2, 0.25) is 5.95 Å². The van der Waals surface area contributed by atoms with Gasteiger partial charge >= 0.3 is 0 Å². The number of aromatic nitrogens is 4. The van der Waals surface area contributed by atoms with Gasteiger partial charge in [-0.2, -0.15) is 0 Å². The Bertz CT molecular complexity index is 334. The first kappa shape index (κ1) is 9.71. The van der Waals surface area contributed by atoms with Crippen LogP contribution < -0.4 is 5.32 Å². The molecule has 1 aliphatic rings. The summed E-state index contributed by atoms with van der Waals surface area (Å²) in [5.74, 6) is 0.701. The number of anilines is 1. The Morgan fingerprint density at radius 2 is 2.29 bits per heavy atom. The molecule has 1 saturated carbocycles. The molecule has 1 aromatic rings. The Morgan fingerprint density at radius 1 is 1.57 bits per heavy atom. The maximum absolute atomic E-state index is 6.12. The van der Waals surface area contributed by atoms with Crippen LogP contribution in [0.4, 0.5) is 5.95 Å². The molecule has 1 N–H and O–H groups in total. The zero-order chi connectivity index (χ0) is 10.3. The predicted octanol–water partition coefficient (Wildman–Crippen LogP) is 1.03. The van der Waals surface area contributed by atoms with Crippen LogP contribution in [-0.2, 0) is 7.05 Å². The normalized spacial score (nSPS) is 29.7. The maximum atomic E-state index is 6.12. The average Bonchev–Trinajstić information content (AvgIpc) is 2.51. The fourth-order valence-electron chi connectivity index (χ4n) is 1.62. The third kappa shape index (κ3) is 1.35. The van der Waals surface area contributed by atoms with E-state index in [-0.39, 0.29) is 10.8 Å². The quantitative estimate of drug-likeness (QED) is 0.749. The molecular formula is C8H14ClN5. The Hall–Kier alpha value is -0.840. The first-order chi connectivity index (χ1) is 6.51. The summed E-state index contributed by atoms with van der Waals surface area (Å²) in [6.07, 6.45) is 0.960. The van der Waals surface area contributed by atoms with E-state index in [2.05, 4.69) is 34.7 Å². The van der Waals surface area contributed by atoms with E-state index in [4.69, 9.17) is 11.6 Å². The SMILES string of the molecule is Cn1nnnc1NC1CC(Cl)C1(C)C. The number of hydrogen-bond acceptors (Lipinski definition) is 4. The van der Waals surface area contributed by atoms with Gasteiger partial charge in [0.15, 0.2) is 0 Å². The van der Waals surface area contributed by atoms with Crippen molar-refractivity contribution in [1.82, 2.24) is 20.2 Å². The van der Waals surface area contributed by atoms with Gasteiger partial charge in [0.1, 0.15) is 0 Å². The number of halogens is 1. The highest BCUT2D eigenvalue weighted by Crippen LogP contribution is 2.45. The zero-order valence-corrected chi connectivity index (χ0v) is 9.28. The molecule has 6 heteroatoms. The van der Waals surface area contributed by atoms with Crippen molar-refractivity contribution >= 4 is 17.5 Å². The van der Waals surface area contributed by atoms with E-state index in [1.807, 2.05) is 7.05 Å². The zero-order valence-electron chi connectivity index (χ0n) is 8.53. The van der Waals surface area contributed by atoms with Crippen molar-refractivity contribution in [3.63, 3.8) is 0 Å². The van der Waals surface area contributed by atoms with Gasteiger partial charge in [0.05, 0.1) is 0 Å². The molecule has 0 amide bonds. The summed E-state index contributed by atoms with van der Waals surface area (Å²) in [6, 6.07) is 0.356. The molecular weight excluding hydrogens is 202 g/mol. The van der Waals surface area contributed by atoms with Crippen LogP contribution in [0.5, 0.6) is 0 Å². The van der Waals surface area contributed by atoms with Crippen LogP contribution in [0, 0.1) is 5.41 Å². The summed E-state index contributed by atoms with van der Waals surface area (Å²) < 4.78 is 1.62. The van der Waals surface area contributed by atoms with E-state index >= 15 is 0 Å².